The number of nitrogen functional groups attached to an aromatic ring is 1. The van der Waals surface area contributed by atoms with Gasteiger partial charge in [-0.05, 0) is 13.0 Å². The SMILES string of the molecule is Cc1ccc[n+](CC2=C(C(=O)[O-])N3C(=O)C(NC(=O)C(=NOC(F)F)c4csc(N)n4)[C@@H]3SC2)c1C. The van der Waals surface area contributed by atoms with Crippen LogP contribution in [0, 0.1) is 13.8 Å². The molecular weight excluding hydrogens is 518 g/mol. The number of aliphatic carboxylic acids is 1. The van der Waals surface area contributed by atoms with Crippen LogP contribution < -0.4 is 20.7 Å². The van der Waals surface area contributed by atoms with Crippen LogP contribution in [0.4, 0.5) is 13.9 Å². The second-order valence-corrected chi connectivity index (χ2v) is 9.88. The molecule has 2 aromatic heterocycles. The van der Waals surface area contributed by atoms with Crippen molar-refractivity contribution in [1.82, 2.24) is 15.2 Å². The molecule has 3 N–H and O–H groups in total. The first kappa shape index (κ1) is 25.5. The van der Waals surface area contributed by atoms with E-state index in [0.29, 0.717) is 5.57 Å². The molecule has 0 bridgehead atoms. The van der Waals surface area contributed by atoms with Gasteiger partial charge in [0.2, 0.25) is 0 Å². The van der Waals surface area contributed by atoms with Gasteiger partial charge in [0.25, 0.3) is 11.8 Å². The van der Waals surface area contributed by atoms with E-state index in [1.54, 1.807) is 0 Å². The Bertz CT molecular complexity index is 1300. The van der Waals surface area contributed by atoms with Crippen LogP contribution >= 0.6 is 23.1 Å². The summed E-state index contributed by atoms with van der Waals surface area (Å²) in [6.45, 7) is 0.787. The number of hydrogen-bond donors (Lipinski definition) is 2. The maximum Gasteiger partial charge on any atom is 0.407 e. The van der Waals surface area contributed by atoms with Gasteiger partial charge in [0, 0.05) is 35.3 Å². The van der Waals surface area contributed by atoms with Crippen LogP contribution in [0.1, 0.15) is 17.0 Å². The lowest BCUT2D eigenvalue weighted by molar-refractivity contribution is -0.695. The number of aryl methyl sites for hydroxylation is 1. The van der Waals surface area contributed by atoms with Gasteiger partial charge in [-0.25, -0.2) is 4.98 Å². The lowest BCUT2D eigenvalue weighted by Crippen LogP contribution is -2.71. The summed E-state index contributed by atoms with van der Waals surface area (Å²) < 4.78 is 26.9. The number of amides is 2. The molecule has 36 heavy (non-hydrogen) atoms. The molecule has 2 amide bonds. The number of nitrogens with zero attached hydrogens (tertiary/aromatic N) is 4. The van der Waals surface area contributed by atoms with Gasteiger partial charge in [0.15, 0.2) is 29.3 Å². The smallest absolute Gasteiger partial charge is 0.407 e. The van der Waals surface area contributed by atoms with Crippen LogP contribution in [0.3, 0.4) is 0 Å². The maximum atomic E-state index is 12.9. The Kier molecular flexibility index (Phi) is 7.21. The summed E-state index contributed by atoms with van der Waals surface area (Å²) in [5.41, 5.74) is 7.04. The number of aromatic nitrogens is 2. The molecule has 1 fully saturated rings. The van der Waals surface area contributed by atoms with Gasteiger partial charge in [0.1, 0.15) is 17.1 Å². The number of β-lactam (4-membered cyclic amide) rings is 1. The molecule has 0 spiro atoms. The van der Waals surface area contributed by atoms with Crippen LogP contribution in [-0.2, 0) is 25.8 Å². The van der Waals surface area contributed by atoms with Gasteiger partial charge in [-0.15, -0.1) is 23.1 Å². The van der Waals surface area contributed by atoms with Crippen molar-refractivity contribution in [3.63, 3.8) is 0 Å². The summed E-state index contributed by atoms with van der Waals surface area (Å²) in [7, 11) is 0. The van der Waals surface area contributed by atoms with Gasteiger partial charge >= 0.3 is 6.61 Å². The molecule has 0 saturated carbocycles. The lowest BCUT2D eigenvalue weighted by atomic mass is 10.0. The number of pyridine rings is 1. The summed E-state index contributed by atoms with van der Waals surface area (Å²) in [5, 5.41) is 18.2. The minimum absolute atomic E-state index is 0.0641. The fourth-order valence-corrected chi connectivity index (χ4v) is 5.71. The van der Waals surface area contributed by atoms with Gasteiger partial charge in [0.05, 0.1) is 11.7 Å². The number of alkyl halides is 2. The van der Waals surface area contributed by atoms with Crippen molar-refractivity contribution >= 4 is 51.7 Å². The molecular formula is C21H20F2N6O5S2. The van der Waals surface area contributed by atoms with Crippen LogP contribution in [0.25, 0.3) is 0 Å². The molecule has 4 rings (SSSR count). The van der Waals surface area contributed by atoms with E-state index in [1.165, 1.54) is 17.1 Å². The van der Waals surface area contributed by atoms with Crippen LogP contribution in [0.2, 0.25) is 0 Å². The van der Waals surface area contributed by atoms with Crippen molar-refractivity contribution in [3.05, 3.63) is 51.9 Å². The molecule has 0 aromatic carbocycles. The number of nitrogens with two attached hydrogens (primary N) is 1. The van der Waals surface area contributed by atoms with E-state index >= 15 is 0 Å². The van der Waals surface area contributed by atoms with E-state index in [1.807, 2.05) is 36.7 Å². The van der Waals surface area contributed by atoms with E-state index in [4.69, 9.17) is 5.73 Å². The zero-order valence-corrected chi connectivity index (χ0v) is 20.6. The Morgan fingerprint density at radius 3 is 2.83 bits per heavy atom. The van der Waals surface area contributed by atoms with E-state index < -0.39 is 41.5 Å². The summed E-state index contributed by atoms with van der Waals surface area (Å²) in [5.74, 6) is -2.93. The average molecular weight is 539 g/mol. The van der Waals surface area contributed by atoms with Gasteiger partial charge < -0.3 is 25.8 Å². The molecule has 2 atom stereocenters. The molecule has 15 heteroatoms. The Hall–Kier alpha value is -3.59. The summed E-state index contributed by atoms with van der Waals surface area (Å²) >= 11 is 2.21. The second-order valence-electron chi connectivity index (χ2n) is 7.88. The standard InChI is InChI=1S/C21H20F2N6O5S2/c1-9-4-3-5-28(10(9)2)6-11-7-35-18-14(17(31)29(18)15(11)19(32)33)26-16(30)13(27-34-20(22)23)12-8-36-21(24)25-12/h3-5,8,14,18,20H,6-7H2,1-2H3,(H3-,24,25,26,30,32,33)/t14?,18-/m0/s1. The number of rotatable bonds is 8. The van der Waals surface area contributed by atoms with Crippen LogP contribution in [-0.4, -0.2) is 57.2 Å². The lowest BCUT2D eigenvalue weighted by Gasteiger charge is -2.50. The number of anilines is 1. The second kappa shape index (κ2) is 10.2. The van der Waals surface area contributed by atoms with Crippen molar-refractivity contribution < 1.29 is 37.7 Å². The molecule has 0 radical (unpaired) electrons. The van der Waals surface area contributed by atoms with Crippen molar-refractivity contribution in [2.24, 2.45) is 5.16 Å². The average Bonchev–Trinajstić information content (AvgIpc) is 3.25. The zero-order chi connectivity index (χ0) is 26.1. The first-order valence-corrected chi connectivity index (χ1v) is 12.4. The summed E-state index contributed by atoms with van der Waals surface area (Å²) in [6, 6.07) is 2.65. The van der Waals surface area contributed by atoms with Crippen molar-refractivity contribution in [1.29, 1.82) is 0 Å². The minimum atomic E-state index is -3.29. The number of carbonyl (C=O) groups excluding carboxylic acids is 3. The fourth-order valence-electron chi connectivity index (χ4n) is 3.82. The number of carbonyl (C=O) groups is 3. The van der Waals surface area contributed by atoms with Crippen molar-refractivity contribution in [2.75, 3.05) is 11.5 Å². The van der Waals surface area contributed by atoms with E-state index in [-0.39, 0.29) is 28.8 Å². The number of carboxylic acids is 1. The highest BCUT2D eigenvalue weighted by Crippen LogP contribution is 2.40. The third kappa shape index (κ3) is 4.88. The topological polar surface area (TPSA) is 154 Å². The Labute approximate surface area is 211 Å². The number of nitrogens with one attached hydrogen (secondary N) is 1. The number of fused-ring (bicyclic) bond motifs is 1. The first-order valence-electron chi connectivity index (χ1n) is 10.5. The highest BCUT2D eigenvalue weighted by molar-refractivity contribution is 8.00. The highest BCUT2D eigenvalue weighted by atomic mass is 32.2. The van der Waals surface area contributed by atoms with E-state index in [2.05, 4.69) is 20.3 Å². The molecule has 190 valence electrons. The monoisotopic (exact) mass is 538 g/mol. The molecule has 4 heterocycles. The molecule has 2 aliphatic heterocycles. The van der Waals surface area contributed by atoms with Crippen LogP contribution in [0.5, 0.6) is 0 Å². The number of thiazole rings is 1. The van der Waals surface area contributed by atoms with Gasteiger partial charge in [-0.1, -0.05) is 5.16 Å². The molecule has 2 aliphatic rings. The van der Waals surface area contributed by atoms with Crippen LogP contribution in [0.15, 0.2) is 40.1 Å². The Morgan fingerprint density at radius 2 is 2.19 bits per heavy atom. The Balaban J connectivity index is 1.55. The van der Waals surface area contributed by atoms with Gasteiger partial charge in [-0.3, -0.25) is 14.5 Å². The third-order valence-electron chi connectivity index (χ3n) is 5.71. The van der Waals surface area contributed by atoms with E-state index in [0.717, 1.165) is 27.5 Å². The third-order valence-corrected chi connectivity index (χ3v) is 7.72. The fraction of sp³-hybridized carbons (Fsp3) is 0.333. The minimum Gasteiger partial charge on any atom is -0.543 e. The van der Waals surface area contributed by atoms with E-state index in [9.17, 15) is 28.3 Å². The quantitative estimate of drug-likeness (QED) is 0.201. The van der Waals surface area contributed by atoms with Crippen molar-refractivity contribution in [3.8, 4) is 0 Å². The number of hydrogen-bond acceptors (Lipinski definition) is 10. The summed E-state index contributed by atoms with van der Waals surface area (Å²) in [6.07, 6.45) is 1.81. The number of oxime groups is 1. The molecule has 2 aromatic rings. The molecule has 1 unspecified atom stereocenters. The van der Waals surface area contributed by atoms with Gasteiger partial charge in [-0.2, -0.15) is 13.3 Å². The van der Waals surface area contributed by atoms with Crippen molar-refractivity contribution in [2.45, 2.75) is 38.4 Å². The summed E-state index contributed by atoms with van der Waals surface area (Å²) in [4.78, 5) is 46.6. The maximum absolute atomic E-state index is 12.9. The number of carboxylic acid groups (broad SMARTS) is 1. The first-order chi connectivity index (χ1) is 17.1. The Morgan fingerprint density at radius 1 is 1.44 bits per heavy atom. The molecule has 0 aliphatic carbocycles. The highest BCUT2D eigenvalue weighted by Gasteiger charge is 2.53. The predicted molar refractivity (Wildman–Crippen MR) is 123 cm³/mol. The number of halogens is 2. The molecule has 11 nitrogen and oxygen atoms in total. The molecule has 1 saturated heterocycles. The largest absolute Gasteiger partial charge is 0.543 e. The normalized spacial score (nSPS) is 19.8. The predicted octanol–water partition coefficient (Wildman–Crippen LogP) is -0.323. The number of thioether (sulfide) groups is 1. The zero-order valence-electron chi connectivity index (χ0n) is 18.9.